The average Bonchev–Trinajstić information content (AvgIpc) is 2.32. The number of nitrogens with one attached hydrogen (secondary N) is 1. The van der Waals surface area contributed by atoms with Gasteiger partial charge in [-0.1, -0.05) is 11.6 Å². The summed E-state index contributed by atoms with van der Waals surface area (Å²) in [6, 6.07) is 5.41. The SMILES string of the molecule is CCOC(CCNc1ccc(Cl)cc1N)OCC. The van der Waals surface area contributed by atoms with E-state index in [1.54, 1.807) is 6.07 Å². The summed E-state index contributed by atoms with van der Waals surface area (Å²) in [5.41, 5.74) is 7.37. The molecule has 1 rings (SSSR count). The smallest absolute Gasteiger partial charge is 0.159 e. The molecule has 0 bridgehead atoms. The Balaban J connectivity index is 2.39. The Morgan fingerprint density at radius 2 is 1.94 bits per heavy atom. The molecule has 0 atom stereocenters. The molecule has 18 heavy (non-hydrogen) atoms. The van der Waals surface area contributed by atoms with Crippen LogP contribution in [0.5, 0.6) is 0 Å². The van der Waals surface area contributed by atoms with Gasteiger partial charge in [0.2, 0.25) is 0 Å². The second-order valence-electron chi connectivity index (χ2n) is 3.79. The maximum absolute atomic E-state index is 5.85. The van der Waals surface area contributed by atoms with Crippen LogP contribution in [0.1, 0.15) is 20.3 Å². The molecule has 0 radical (unpaired) electrons. The standard InChI is InChI=1S/C13H21ClN2O2/c1-3-17-13(18-4-2)7-8-16-12-6-5-10(14)9-11(12)15/h5-6,9,13,16H,3-4,7-8,15H2,1-2H3. The predicted octanol–water partition coefficient (Wildman–Crippen LogP) is 3.12. The van der Waals surface area contributed by atoms with E-state index < -0.39 is 0 Å². The first-order chi connectivity index (χ1) is 8.67. The molecule has 4 nitrogen and oxygen atoms in total. The first-order valence-electron chi connectivity index (χ1n) is 6.19. The molecule has 3 N–H and O–H groups in total. The second-order valence-corrected chi connectivity index (χ2v) is 4.22. The van der Waals surface area contributed by atoms with Crippen LogP contribution in [0, 0.1) is 0 Å². The molecule has 0 aromatic heterocycles. The third-order valence-corrected chi connectivity index (χ3v) is 2.65. The molecule has 0 saturated carbocycles. The van der Waals surface area contributed by atoms with Gasteiger partial charge in [-0.05, 0) is 32.0 Å². The molecule has 102 valence electrons. The van der Waals surface area contributed by atoms with Crippen LogP contribution in [0.2, 0.25) is 5.02 Å². The lowest BCUT2D eigenvalue weighted by atomic mass is 10.2. The van der Waals surface area contributed by atoms with Crippen molar-refractivity contribution in [2.75, 3.05) is 30.8 Å². The maximum Gasteiger partial charge on any atom is 0.159 e. The van der Waals surface area contributed by atoms with Crippen molar-refractivity contribution in [2.45, 2.75) is 26.6 Å². The Kier molecular flexibility index (Phi) is 6.86. The van der Waals surface area contributed by atoms with Gasteiger partial charge < -0.3 is 20.5 Å². The van der Waals surface area contributed by atoms with Gasteiger partial charge in [0.25, 0.3) is 0 Å². The molecular formula is C13H21ClN2O2. The van der Waals surface area contributed by atoms with Crippen molar-refractivity contribution in [3.63, 3.8) is 0 Å². The number of hydrogen-bond acceptors (Lipinski definition) is 4. The number of nitrogens with two attached hydrogens (primary N) is 1. The van der Waals surface area contributed by atoms with Crippen molar-refractivity contribution in [3.8, 4) is 0 Å². The largest absolute Gasteiger partial charge is 0.397 e. The monoisotopic (exact) mass is 272 g/mol. The first-order valence-corrected chi connectivity index (χ1v) is 6.57. The third-order valence-electron chi connectivity index (χ3n) is 2.41. The van der Waals surface area contributed by atoms with E-state index in [1.807, 2.05) is 26.0 Å². The van der Waals surface area contributed by atoms with Crippen LogP contribution in [-0.4, -0.2) is 26.0 Å². The zero-order valence-corrected chi connectivity index (χ0v) is 11.7. The minimum atomic E-state index is -0.166. The van der Waals surface area contributed by atoms with Gasteiger partial charge in [0.05, 0.1) is 11.4 Å². The average molecular weight is 273 g/mol. The van der Waals surface area contributed by atoms with Crippen LogP contribution >= 0.6 is 11.6 Å². The summed E-state index contributed by atoms with van der Waals surface area (Å²) >= 11 is 5.84. The Morgan fingerprint density at radius 1 is 1.28 bits per heavy atom. The number of rotatable bonds is 8. The first kappa shape index (κ1) is 15.1. The molecule has 0 aliphatic heterocycles. The van der Waals surface area contributed by atoms with E-state index >= 15 is 0 Å². The van der Waals surface area contributed by atoms with Crippen molar-refractivity contribution in [1.29, 1.82) is 0 Å². The predicted molar refractivity (Wildman–Crippen MR) is 76.0 cm³/mol. The molecule has 0 unspecified atom stereocenters. The quantitative estimate of drug-likeness (QED) is 0.564. The van der Waals surface area contributed by atoms with Crippen molar-refractivity contribution < 1.29 is 9.47 Å². The Morgan fingerprint density at radius 3 is 2.50 bits per heavy atom. The third kappa shape index (κ3) is 5.12. The van der Waals surface area contributed by atoms with Gasteiger partial charge in [-0.2, -0.15) is 0 Å². The molecule has 0 amide bonds. The van der Waals surface area contributed by atoms with Gasteiger partial charge in [0.15, 0.2) is 6.29 Å². The fourth-order valence-corrected chi connectivity index (χ4v) is 1.79. The Labute approximate surface area is 113 Å². The summed E-state index contributed by atoms with van der Waals surface area (Å²) < 4.78 is 10.9. The fourth-order valence-electron chi connectivity index (χ4n) is 1.61. The molecule has 0 heterocycles. The molecular weight excluding hydrogens is 252 g/mol. The number of anilines is 2. The van der Waals surface area contributed by atoms with Crippen molar-refractivity contribution in [2.24, 2.45) is 0 Å². The van der Waals surface area contributed by atoms with E-state index in [4.69, 9.17) is 26.8 Å². The van der Waals surface area contributed by atoms with E-state index in [2.05, 4.69) is 5.32 Å². The van der Waals surface area contributed by atoms with Crippen LogP contribution in [0.15, 0.2) is 18.2 Å². The summed E-state index contributed by atoms with van der Waals surface area (Å²) in [6.07, 6.45) is 0.602. The lowest BCUT2D eigenvalue weighted by Crippen LogP contribution is -2.21. The van der Waals surface area contributed by atoms with Crippen LogP contribution in [0.4, 0.5) is 11.4 Å². The number of nitrogen functional groups attached to an aromatic ring is 1. The van der Waals surface area contributed by atoms with Gasteiger partial charge in [-0.15, -0.1) is 0 Å². The zero-order valence-electron chi connectivity index (χ0n) is 10.9. The summed E-state index contributed by atoms with van der Waals surface area (Å²) in [7, 11) is 0. The summed E-state index contributed by atoms with van der Waals surface area (Å²) in [5.74, 6) is 0. The van der Waals surface area contributed by atoms with Gasteiger partial charge in [0.1, 0.15) is 0 Å². The molecule has 0 aliphatic rings. The van der Waals surface area contributed by atoms with Crippen molar-refractivity contribution in [1.82, 2.24) is 0 Å². The molecule has 5 heteroatoms. The zero-order chi connectivity index (χ0) is 13.4. The lowest BCUT2D eigenvalue weighted by molar-refractivity contribution is -0.137. The van der Waals surface area contributed by atoms with Crippen molar-refractivity contribution >= 4 is 23.0 Å². The van der Waals surface area contributed by atoms with Crippen molar-refractivity contribution in [3.05, 3.63) is 23.2 Å². The normalized spacial score (nSPS) is 10.9. The summed E-state index contributed by atoms with van der Waals surface area (Å²) in [6.45, 7) is 5.94. The van der Waals surface area contributed by atoms with Gasteiger partial charge in [-0.25, -0.2) is 0 Å². The number of hydrogen-bond donors (Lipinski definition) is 2. The second kappa shape index (κ2) is 8.19. The summed E-state index contributed by atoms with van der Waals surface area (Å²) in [5, 5.41) is 3.88. The van der Waals surface area contributed by atoms with Gasteiger partial charge >= 0.3 is 0 Å². The topological polar surface area (TPSA) is 56.5 Å². The van der Waals surface area contributed by atoms with Gasteiger partial charge in [0, 0.05) is 31.2 Å². The summed E-state index contributed by atoms with van der Waals surface area (Å²) in [4.78, 5) is 0. The van der Waals surface area contributed by atoms with Crippen LogP contribution in [0.25, 0.3) is 0 Å². The maximum atomic E-state index is 5.85. The van der Waals surface area contributed by atoms with E-state index in [0.717, 1.165) is 18.7 Å². The van der Waals surface area contributed by atoms with E-state index in [-0.39, 0.29) is 6.29 Å². The Hall–Kier alpha value is -0.970. The number of ether oxygens (including phenoxy) is 2. The van der Waals surface area contributed by atoms with Gasteiger partial charge in [-0.3, -0.25) is 0 Å². The Bertz CT molecular complexity index is 355. The highest BCUT2D eigenvalue weighted by molar-refractivity contribution is 6.31. The van der Waals surface area contributed by atoms with Crippen LogP contribution < -0.4 is 11.1 Å². The fraction of sp³-hybridized carbons (Fsp3) is 0.538. The molecule has 0 spiro atoms. The minimum Gasteiger partial charge on any atom is -0.397 e. The molecule has 0 aliphatic carbocycles. The minimum absolute atomic E-state index is 0.166. The molecule has 1 aromatic carbocycles. The van der Waals surface area contributed by atoms with Crippen LogP contribution in [0.3, 0.4) is 0 Å². The van der Waals surface area contributed by atoms with E-state index in [0.29, 0.717) is 23.9 Å². The highest BCUT2D eigenvalue weighted by atomic mass is 35.5. The lowest BCUT2D eigenvalue weighted by Gasteiger charge is -2.17. The molecule has 0 fully saturated rings. The number of benzene rings is 1. The van der Waals surface area contributed by atoms with E-state index in [9.17, 15) is 0 Å². The number of halogens is 1. The molecule has 0 saturated heterocycles. The highest BCUT2D eigenvalue weighted by Crippen LogP contribution is 2.22. The highest BCUT2D eigenvalue weighted by Gasteiger charge is 2.07. The molecule has 1 aromatic rings. The van der Waals surface area contributed by atoms with E-state index in [1.165, 1.54) is 0 Å². The van der Waals surface area contributed by atoms with Crippen LogP contribution in [-0.2, 0) is 9.47 Å².